The van der Waals surface area contributed by atoms with Gasteiger partial charge in [-0.25, -0.2) is 4.79 Å². The number of hydrogen-bond acceptors (Lipinski definition) is 4. The lowest BCUT2D eigenvalue weighted by atomic mass is 9.92. The number of Topliss-reactive ketones (excluding diaryl/α,β-unsaturated/α-hetero) is 1. The van der Waals surface area contributed by atoms with Crippen LogP contribution in [0.2, 0.25) is 0 Å². The summed E-state index contributed by atoms with van der Waals surface area (Å²) in [6.07, 6.45) is 1.74. The standard InChI is InChI=1S/C19H24N2O2.C2HF3O2/c1-2-14(13-18(22)16-9-11-20-16)7-8-19(23)21-12-10-15-5-3-4-6-17(15)21;3-2(4,5)1(6)7/h3-8,14,16,20H,2,9-13H2,1H3;(H,6,7)/b8-7+;/t14-,16-;/m0./s1. The molecule has 0 bridgehead atoms. The molecule has 0 aliphatic carbocycles. The van der Waals surface area contributed by atoms with E-state index in [4.69, 9.17) is 9.90 Å². The van der Waals surface area contributed by atoms with Crippen LogP contribution in [0, 0.1) is 5.92 Å². The Kier molecular flexibility index (Phi) is 8.16. The van der Waals surface area contributed by atoms with Crippen molar-refractivity contribution in [2.45, 2.75) is 44.8 Å². The number of nitrogens with zero attached hydrogens (tertiary/aromatic N) is 1. The number of aliphatic carboxylic acids is 1. The summed E-state index contributed by atoms with van der Waals surface area (Å²) in [5, 5.41) is 10.3. The number of anilines is 1. The lowest BCUT2D eigenvalue weighted by Gasteiger charge is -2.27. The lowest BCUT2D eigenvalue weighted by molar-refractivity contribution is -0.192. The zero-order valence-corrected chi connectivity index (χ0v) is 16.6. The highest BCUT2D eigenvalue weighted by atomic mass is 19.4. The average molecular weight is 426 g/mol. The van der Waals surface area contributed by atoms with Crippen LogP contribution in [-0.2, 0) is 20.8 Å². The second-order valence-corrected chi connectivity index (χ2v) is 7.16. The molecular formula is C21H25F3N2O4. The van der Waals surface area contributed by atoms with E-state index in [1.54, 1.807) is 6.08 Å². The maximum absolute atomic E-state index is 12.5. The van der Waals surface area contributed by atoms with Crippen molar-refractivity contribution in [1.29, 1.82) is 0 Å². The first-order valence-electron chi connectivity index (χ1n) is 9.77. The van der Waals surface area contributed by atoms with Crippen LogP contribution in [0.25, 0.3) is 0 Å². The summed E-state index contributed by atoms with van der Waals surface area (Å²) in [4.78, 5) is 35.2. The molecule has 1 amide bonds. The third-order valence-corrected chi connectivity index (χ3v) is 5.11. The largest absolute Gasteiger partial charge is 0.490 e. The molecule has 6 nitrogen and oxygen atoms in total. The summed E-state index contributed by atoms with van der Waals surface area (Å²) in [7, 11) is 0. The van der Waals surface area contributed by atoms with Gasteiger partial charge in [0.05, 0.1) is 6.04 Å². The Bertz CT molecular complexity index is 804. The fourth-order valence-electron chi connectivity index (χ4n) is 3.19. The summed E-state index contributed by atoms with van der Waals surface area (Å²) in [5.74, 6) is -2.33. The topological polar surface area (TPSA) is 86.7 Å². The molecule has 0 aromatic heterocycles. The number of rotatable bonds is 6. The van der Waals surface area contributed by atoms with Crippen LogP contribution in [0.4, 0.5) is 18.9 Å². The summed E-state index contributed by atoms with van der Waals surface area (Å²) < 4.78 is 31.7. The molecule has 30 heavy (non-hydrogen) atoms. The number of benzene rings is 1. The van der Waals surface area contributed by atoms with E-state index >= 15 is 0 Å². The van der Waals surface area contributed by atoms with Gasteiger partial charge in [0.15, 0.2) is 0 Å². The van der Waals surface area contributed by atoms with Gasteiger partial charge in [-0.1, -0.05) is 31.2 Å². The molecule has 0 radical (unpaired) electrons. The number of carbonyl (C=O) groups is 3. The third-order valence-electron chi connectivity index (χ3n) is 5.11. The smallest absolute Gasteiger partial charge is 0.475 e. The zero-order valence-electron chi connectivity index (χ0n) is 16.6. The van der Waals surface area contributed by atoms with Crippen molar-refractivity contribution in [2.75, 3.05) is 18.0 Å². The highest BCUT2D eigenvalue weighted by Crippen LogP contribution is 2.27. The fourth-order valence-corrected chi connectivity index (χ4v) is 3.19. The van der Waals surface area contributed by atoms with E-state index in [0.717, 1.165) is 38.0 Å². The molecule has 2 aliphatic heterocycles. The molecule has 1 aromatic carbocycles. The first-order chi connectivity index (χ1) is 14.1. The number of nitrogens with one attached hydrogen (secondary N) is 1. The van der Waals surface area contributed by atoms with Gasteiger partial charge >= 0.3 is 12.1 Å². The van der Waals surface area contributed by atoms with Crippen molar-refractivity contribution in [2.24, 2.45) is 5.92 Å². The van der Waals surface area contributed by atoms with Crippen LogP contribution in [0.15, 0.2) is 36.4 Å². The summed E-state index contributed by atoms with van der Waals surface area (Å²) in [6, 6.07) is 8.09. The Labute approximate surface area is 172 Å². The molecule has 3 rings (SSSR count). The maximum Gasteiger partial charge on any atom is 0.490 e. The summed E-state index contributed by atoms with van der Waals surface area (Å²) >= 11 is 0. The van der Waals surface area contributed by atoms with E-state index in [1.807, 2.05) is 29.2 Å². The van der Waals surface area contributed by atoms with Gasteiger partial charge in [-0.15, -0.1) is 0 Å². The molecule has 2 atom stereocenters. The number of para-hydroxylation sites is 1. The molecule has 2 aliphatic rings. The molecule has 1 fully saturated rings. The Morgan fingerprint density at radius 1 is 1.30 bits per heavy atom. The molecule has 2 N–H and O–H groups in total. The van der Waals surface area contributed by atoms with Crippen molar-refractivity contribution in [3.63, 3.8) is 0 Å². The number of carboxylic acids is 1. The summed E-state index contributed by atoms with van der Waals surface area (Å²) in [5.41, 5.74) is 2.25. The number of fused-ring (bicyclic) bond motifs is 1. The van der Waals surface area contributed by atoms with Gasteiger partial charge in [0.1, 0.15) is 5.78 Å². The maximum atomic E-state index is 12.5. The number of carboxylic acid groups (broad SMARTS) is 1. The van der Waals surface area contributed by atoms with Crippen LogP contribution < -0.4 is 10.2 Å². The number of ketones is 1. The first kappa shape index (κ1) is 23.6. The van der Waals surface area contributed by atoms with Crippen molar-refractivity contribution in [3.05, 3.63) is 42.0 Å². The van der Waals surface area contributed by atoms with Crippen molar-refractivity contribution in [1.82, 2.24) is 5.32 Å². The predicted molar refractivity (Wildman–Crippen MR) is 105 cm³/mol. The molecule has 0 spiro atoms. The molecule has 164 valence electrons. The number of hydrogen-bond donors (Lipinski definition) is 2. The van der Waals surface area contributed by atoms with E-state index in [0.29, 0.717) is 6.42 Å². The Hall–Kier alpha value is -2.68. The minimum atomic E-state index is -5.08. The predicted octanol–water partition coefficient (Wildman–Crippen LogP) is 3.11. The van der Waals surface area contributed by atoms with Gasteiger partial charge in [0.2, 0.25) is 0 Å². The minimum absolute atomic E-state index is 0.0163. The first-order valence-corrected chi connectivity index (χ1v) is 9.77. The van der Waals surface area contributed by atoms with Crippen LogP contribution in [0.5, 0.6) is 0 Å². The Morgan fingerprint density at radius 2 is 1.93 bits per heavy atom. The van der Waals surface area contributed by atoms with Gasteiger partial charge in [-0.3, -0.25) is 9.59 Å². The number of halogens is 3. The summed E-state index contributed by atoms with van der Waals surface area (Å²) in [6.45, 7) is 3.74. The quantitative estimate of drug-likeness (QED) is 0.683. The van der Waals surface area contributed by atoms with Crippen LogP contribution >= 0.6 is 0 Å². The SMILES string of the molecule is CC[C@@H](/C=C/C(=O)N1CCc2ccccc21)CC(=O)[C@@H]1CCN1.O=C(O)C(F)(F)F. The van der Waals surface area contributed by atoms with E-state index in [1.165, 1.54) is 5.56 Å². The van der Waals surface area contributed by atoms with Crippen molar-refractivity contribution < 1.29 is 32.7 Å². The number of carbonyl (C=O) groups excluding carboxylic acids is 2. The Morgan fingerprint density at radius 3 is 2.47 bits per heavy atom. The molecule has 1 aromatic rings. The van der Waals surface area contributed by atoms with Gasteiger partial charge < -0.3 is 15.3 Å². The number of alkyl halides is 3. The molecule has 0 saturated carbocycles. The van der Waals surface area contributed by atoms with E-state index in [-0.39, 0.29) is 23.7 Å². The van der Waals surface area contributed by atoms with Crippen LogP contribution in [0.1, 0.15) is 31.7 Å². The molecule has 0 unspecified atom stereocenters. The second-order valence-electron chi connectivity index (χ2n) is 7.16. The van der Waals surface area contributed by atoms with Crippen LogP contribution in [0.3, 0.4) is 0 Å². The molecular weight excluding hydrogens is 401 g/mol. The monoisotopic (exact) mass is 426 g/mol. The highest BCUT2D eigenvalue weighted by Gasteiger charge is 2.38. The molecule has 2 heterocycles. The molecule has 9 heteroatoms. The number of allylic oxidation sites excluding steroid dienone is 1. The van der Waals surface area contributed by atoms with Crippen molar-refractivity contribution in [3.8, 4) is 0 Å². The lowest BCUT2D eigenvalue weighted by Crippen LogP contribution is -2.48. The van der Waals surface area contributed by atoms with Crippen LogP contribution in [-0.4, -0.2) is 48.1 Å². The highest BCUT2D eigenvalue weighted by molar-refractivity contribution is 6.02. The fraction of sp³-hybridized carbons (Fsp3) is 0.476. The Balaban J connectivity index is 0.000000396. The molecule has 1 saturated heterocycles. The van der Waals surface area contributed by atoms with Gasteiger partial charge in [-0.2, -0.15) is 13.2 Å². The van der Waals surface area contributed by atoms with Crippen molar-refractivity contribution >= 4 is 23.3 Å². The average Bonchev–Trinajstić information content (AvgIpc) is 3.07. The second kappa shape index (κ2) is 10.4. The third kappa shape index (κ3) is 6.41. The normalized spacial score (nSPS) is 18.8. The number of amides is 1. The van der Waals surface area contributed by atoms with Gasteiger partial charge in [0, 0.05) is 18.7 Å². The minimum Gasteiger partial charge on any atom is -0.475 e. The van der Waals surface area contributed by atoms with E-state index in [2.05, 4.69) is 18.3 Å². The van der Waals surface area contributed by atoms with Gasteiger partial charge in [0.25, 0.3) is 5.91 Å². The van der Waals surface area contributed by atoms with E-state index < -0.39 is 12.1 Å². The van der Waals surface area contributed by atoms with Gasteiger partial charge in [-0.05, 0) is 49.4 Å². The zero-order chi connectivity index (χ0) is 22.3. The van der Waals surface area contributed by atoms with E-state index in [9.17, 15) is 22.8 Å².